The summed E-state index contributed by atoms with van der Waals surface area (Å²) in [7, 11) is 1.64. The van der Waals surface area contributed by atoms with Crippen LogP contribution in [0.2, 0.25) is 5.02 Å². The van der Waals surface area contributed by atoms with E-state index in [1.54, 1.807) is 19.4 Å². The molecule has 0 aliphatic rings. The van der Waals surface area contributed by atoms with E-state index < -0.39 is 0 Å². The molecule has 18 heavy (non-hydrogen) atoms. The van der Waals surface area contributed by atoms with E-state index in [0.29, 0.717) is 17.5 Å². The average molecular weight is 329 g/mol. The summed E-state index contributed by atoms with van der Waals surface area (Å²) in [5.41, 5.74) is 1.01. The second-order valence-electron chi connectivity index (χ2n) is 3.58. The number of hydrogen-bond donors (Lipinski definition) is 0. The van der Waals surface area contributed by atoms with E-state index in [-0.39, 0.29) is 0 Å². The molecule has 1 heterocycles. The lowest BCUT2D eigenvalue weighted by atomic mass is 10.2. The third-order valence-electron chi connectivity index (χ3n) is 2.28. The fourth-order valence-corrected chi connectivity index (χ4v) is 2.18. The summed E-state index contributed by atoms with van der Waals surface area (Å²) in [6.07, 6.45) is 1.55. The van der Waals surface area contributed by atoms with Gasteiger partial charge in [-0.25, -0.2) is 4.98 Å². The molecule has 5 heteroatoms. The molecule has 2 aromatic rings. The van der Waals surface area contributed by atoms with Gasteiger partial charge in [0.05, 0.1) is 16.6 Å². The maximum absolute atomic E-state index is 5.81. The van der Waals surface area contributed by atoms with Gasteiger partial charge in [-0.2, -0.15) is 0 Å². The van der Waals surface area contributed by atoms with Gasteiger partial charge in [-0.3, -0.25) is 0 Å². The van der Waals surface area contributed by atoms with Gasteiger partial charge in [0.2, 0.25) is 5.88 Å². The molecule has 0 bridgehead atoms. The largest absolute Gasteiger partial charge is 0.497 e. The minimum absolute atomic E-state index is 0.421. The Morgan fingerprint density at radius 1 is 1.33 bits per heavy atom. The highest BCUT2D eigenvalue weighted by Gasteiger charge is 2.04. The van der Waals surface area contributed by atoms with E-state index >= 15 is 0 Å². The summed E-state index contributed by atoms with van der Waals surface area (Å²) in [5.74, 6) is 1.32. The van der Waals surface area contributed by atoms with Crippen LogP contribution in [0.3, 0.4) is 0 Å². The van der Waals surface area contributed by atoms with Gasteiger partial charge < -0.3 is 9.47 Å². The van der Waals surface area contributed by atoms with Gasteiger partial charge in [0.15, 0.2) is 0 Å². The molecule has 0 unspecified atom stereocenters. The number of methoxy groups -OCH3 is 1. The highest BCUT2D eigenvalue weighted by atomic mass is 79.9. The van der Waals surface area contributed by atoms with Crippen LogP contribution in [0, 0.1) is 0 Å². The van der Waals surface area contributed by atoms with Crippen molar-refractivity contribution >= 4 is 27.5 Å². The summed E-state index contributed by atoms with van der Waals surface area (Å²) < 4.78 is 11.5. The van der Waals surface area contributed by atoms with Gasteiger partial charge in [-0.05, 0) is 39.7 Å². The first kappa shape index (κ1) is 13.2. The summed E-state index contributed by atoms with van der Waals surface area (Å²) in [6.45, 7) is 0.421. The normalized spacial score (nSPS) is 10.2. The van der Waals surface area contributed by atoms with Crippen molar-refractivity contribution in [1.82, 2.24) is 4.98 Å². The lowest BCUT2D eigenvalue weighted by molar-refractivity contribution is 0.291. The van der Waals surface area contributed by atoms with Gasteiger partial charge in [-0.1, -0.05) is 23.7 Å². The Morgan fingerprint density at radius 3 is 2.89 bits per heavy atom. The number of rotatable bonds is 4. The Kier molecular flexibility index (Phi) is 4.44. The molecule has 0 amide bonds. The van der Waals surface area contributed by atoms with Crippen molar-refractivity contribution in [3.63, 3.8) is 0 Å². The minimum atomic E-state index is 0.421. The highest BCUT2D eigenvalue weighted by molar-refractivity contribution is 9.10. The molecule has 0 spiro atoms. The van der Waals surface area contributed by atoms with Crippen molar-refractivity contribution in [2.75, 3.05) is 7.11 Å². The smallest absolute Gasteiger partial charge is 0.228 e. The first-order valence-corrected chi connectivity index (χ1v) is 6.43. The Hall–Kier alpha value is -1.26. The van der Waals surface area contributed by atoms with Crippen LogP contribution in [-0.4, -0.2) is 12.1 Å². The van der Waals surface area contributed by atoms with Gasteiger partial charge >= 0.3 is 0 Å². The maximum atomic E-state index is 5.81. The Balaban J connectivity index is 2.06. The van der Waals surface area contributed by atoms with Crippen molar-refractivity contribution in [2.24, 2.45) is 0 Å². The topological polar surface area (TPSA) is 31.4 Å². The lowest BCUT2D eigenvalue weighted by Crippen LogP contribution is -1.98. The first-order chi connectivity index (χ1) is 8.69. The Morgan fingerprint density at radius 2 is 2.17 bits per heavy atom. The van der Waals surface area contributed by atoms with Crippen molar-refractivity contribution < 1.29 is 9.47 Å². The summed E-state index contributed by atoms with van der Waals surface area (Å²) in [5, 5.41) is 0.565. The van der Waals surface area contributed by atoms with Crippen LogP contribution in [0.25, 0.3) is 0 Å². The summed E-state index contributed by atoms with van der Waals surface area (Å²) >= 11 is 9.16. The molecule has 0 saturated heterocycles. The monoisotopic (exact) mass is 327 g/mol. The molecule has 0 atom stereocenters. The first-order valence-electron chi connectivity index (χ1n) is 5.26. The number of benzene rings is 1. The van der Waals surface area contributed by atoms with E-state index in [9.17, 15) is 0 Å². The van der Waals surface area contributed by atoms with E-state index in [0.717, 1.165) is 15.8 Å². The summed E-state index contributed by atoms with van der Waals surface area (Å²) in [4.78, 5) is 4.10. The zero-order valence-electron chi connectivity index (χ0n) is 9.69. The second kappa shape index (κ2) is 6.07. The highest BCUT2D eigenvalue weighted by Crippen LogP contribution is 2.26. The van der Waals surface area contributed by atoms with Gasteiger partial charge in [0.1, 0.15) is 12.4 Å². The van der Waals surface area contributed by atoms with Crippen LogP contribution >= 0.6 is 27.5 Å². The van der Waals surface area contributed by atoms with Crippen LogP contribution in [0.4, 0.5) is 0 Å². The molecule has 2 rings (SSSR count). The van der Waals surface area contributed by atoms with Gasteiger partial charge in [0.25, 0.3) is 0 Å². The summed E-state index contributed by atoms with van der Waals surface area (Å²) in [6, 6.07) is 9.44. The number of aromatic nitrogens is 1. The minimum Gasteiger partial charge on any atom is -0.497 e. The van der Waals surface area contributed by atoms with Crippen LogP contribution in [0.1, 0.15) is 5.56 Å². The van der Waals surface area contributed by atoms with E-state index in [4.69, 9.17) is 21.1 Å². The van der Waals surface area contributed by atoms with E-state index in [2.05, 4.69) is 20.9 Å². The molecule has 1 aromatic carbocycles. The number of ether oxygens (including phenoxy) is 2. The molecule has 0 aliphatic carbocycles. The van der Waals surface area contributed by atoms with Gasteiger partial charge in [0, 0.05) is 6.20 Å². The molecule has 0 aliphatic heterocycles. The second-order valence-corrected chi connectivity index (χ2v) is 4.87. The SMILES string of the molecule is COc1cccc(COc2ncc(Cl)cc2Br)c1. The molecule has 0 fully saturated rings. The number of pyridine rings is 1. The molecule has 1 aromatic heterocycles. The van der Waals surface area contributed by atoms with Crippen molar-refractivity contribution in [2.45, 2.75) is 6.61 Å². The molecular formula is C13H11BrClNO2. The zero-order chi connectivity index (χ0) is 13.0. The molecule has 0 radical (unpaired) electrons. The molecular weight excluding hydrogens is 318 g/mol. The number of nitrogens with zero attached hydrogens (tertiary/aromatic N) is 1. The molecule has 0 N–H and O–H groups in total. The lowest BCUT2D eigenvalue weighted by Gasteiger charge is -2.08. The fraction of sp³-hybridized carbons (Fsp3) is 0.154. The molecule has 0 saturated carbocycles. The molecule has 3 nitrogen and oxygen atoms in total. The van der Waals surface area contributed by atoms with E-state index in [1.165, 1.54) is 0 Å². The predicted octanol–water partition coefficient (Wildman–Crippen LogP) is 4.09. The van der Waals surface area contributed by atoms with Crippen molar-refractivity contribution in [3.8, 4) is 11.6 Å². The predicted molar refractivity (Wildman–Crippen MR) is 74.3 cm³/mol. The van der Waals surface area contributed by atoms with Crippen molar-refractivity contribution in [3.05, 3.63) is 51.6 Å². The van der Waals surface area contributed by atoms with Crippen LogP contribution in [0.15, 0.2) is 41.0 Å². The third-order valence-corrected chi connectivity index (χ3v) is 3.06. The van der Waals surface area contributed by atoms with Crippen LogP contribution < -0.4 is 9.47 Å². The zero-order valence-corrected chi connectivity index (χ0v) is 12.0. The Bertz CT molecular complexity index is 548. The third kappa shape index (κ3) is 3.37. The molecule has 94 valence electrons. The average Bonchev–Trinajstić information content (AvgIpc) is 2.38. The van der Waals surface area contributed by atoms with Gasteiger partial charge in [-0.15, -0.1) is 0 Å². The quantitative estimate of drug-likeness (QED) is 0.847. The van der Waals surface area contributed by atoms with E-state index in [1.807, 2.05) is 24.3 Å². The number of halogens is 2. The number of hydrogen-bond acceptors (Lipinski definition) is 3. The van der Waals surface area contributed by atoms with Crippen molar-refractivity contribution in [1.29, 1.82) is 0 Å². The Labute approximate surface area is 119 Å². The van der Waals surface area contributed by atoms with Crippen LogP contribution in [0.5, 0.6) is 11.6 Å². The standard InChI is InChI=1S/C13H11BrClNO2/c1-17-11-4-2-3-9(5-11)8-18-13-12(14)6-10(15)7-16-13/h2-7H,8H2,1H3. The fourth-order valence-electron chi connectivity index (χ4n) is 1.42. The van der Waals surface area contributed by atoms with Crippen LogP contribution in [-0.2, 0) is 6.61 Å². The maximum Gasteiger partial charge on any atom is 0.228 e.